The van der Waals surface area contributed by atoms with E-state index in [1.807, 2.05) is 24.3 Å². The molecule has 2 aromatic carbocycles. The molecule has 2 heterocycles. The summed E-state index contributed by atoms with van der Waals surface area (Å²) in [7, 11) is 0. The summed E-state index contributed by atoms with van der Waals surface area (Å²) in [5, 5.41) is 15.0. The Kier molecular flexibility index (Phi) is 7.57. The first-order valence-corrected chi connectivity index (χ1v) is 11.1. The molecular formula is C24H30N6O2. The second-order valence-corrected chi connectivity index (χ2v) is 7.53. The van der Waals surface area contributed by atoms with Crippen LogP contribution in [0.4, 0.5) is 0 Å². The van der Waals surface area contributed by atoms with Crippen molar-refractivity contribution in [1.82, 2.24) is 25.4 Å². The third-order valence-electron chi connectivity index (χ3n) is 5.23. The summed E-state index contributed by atoms with van der Waals surface area (Å²) in [5.74, 6) is 3.42. The van der Waals surface area contributed by atoms with Crippen LogP contribution in [0.2, 0.25) is 0 Å². The van der Waals surface area contributed by atoms with Crippen LogP contribution in [0.5, 0.6) is 11.5 Å². The molecule has 0 saturated carbocycles. The Morgan fingerprint density at radius 1 is 1.00 bits per heavy atom. The number of hydrogen-bond acceptors (Lipinski definition) is 5. The average Bonchev–Trinajstić information content (AvgIpc) is 3.30. The van der Waals surface area contributed by atoms with E-state index >= 15 is 0 Å². The van der Waals surface area contributed by atoms with E-state index in [4.69, 9.17) is 14.5 Å². The predicted octanol–water partition coefficient (Wildman–Crippen LogP) is 2.59. The molecule has 0 saturated heterocycles. The zero-order chi connectivity index (χ0) is 22.0. The van der Waals surface area contributed by atoms with Crippen molar-refractivity contribution >= 4 is 5.96 Å². The van der Waals surface area contributed by atoms with Gasteiger partial charge in [0.1, 0.15) is 25.4 Å². The highest BCUT2D eigenvalue weighted by atomic mass is 16.6. The number of benzene rings is 2. The second kappa shape index (κ2) is 11.2. The van der Waals surface area contributed by atoms with Crippen LogP contribution in [0.15, 0.2) is 59.9 Å². The first kappa shape index (κ1) is 21.7. The monoisotopic (exact) mass is 434 g/mol. The van der Waals surface area contributed by atoms with Gasteiger partial charge in [-0.1, -0.05) is 43.3 Å². The third kappa shape index (κ3) is 6.00. The maximum absolute atomic E-state index is 5.69. The van der Waals surface area contributed by atoms with Crippen molar-refractivity contribution < 1.29 is 9.47 Å². The maximum atomic E-state index is 5.69. The number of hydrogen-bond donors (Lipinski definition) is 2. The summed E-state index contributed by atoms with van der Waals surface area (Å²) in [6.07, 6.45) is 3.49. The fourth-order valence-corrected chi connectivity index (χ4v) is 3.53. The Hall–Kier alpha value is -3.55. The van der Waals surface area contributed by atoms with Crippen molar-refractivity contribution in [3.05, 3.63) is 71.8 Å². The molecule has 0 bridgehead atoms. The Bertz CT molecular complexity index is 1020. The molecule has 1 aliphatic heterocycles. The predicted molar refractivity (Wildman–Crippen MR) is 124 cm³/mol. The van der Waals surface area contributed by atoms with E-state index < -0.39 is 0 Å². The topological polar surface area (TPSA) is 85.6 Å². The molecule has 1 aromatic heterocycles. The molecule has 2 N–H and O–H groups in total. The Labute approximate surface area is 188 Å². The Balaban J connectivity index is 1.33. The van der Waals surface area contributed by atoms with Crippen molar-refractivity contribution in [2.24, 2.45) is 4.99 Å². The number of fused-ring (bicyclic) bond motifs is 1. The minimum absolute atomic E-state index is 0.598. The zero-order valence-corrected chi connectivity index (χ0v) is 18.5. The van der Waals surface area contributed by atoms with Crippen molar-refractivity contribution in [2.75, 3.05) is 26.3 Å². The average molecular weight is 435 g/mol. The molecule has 1 aliphatic rings. The SMILES string of the molecule is CCc1nncn1CCNC(=NCc1ccccc1)NCCc1ccc2c(c1)OCCO2. The van der Waals surface area contributed by atoms with Crippen LogP contribution in [0.25, 0.3) is 0 Å². The van der Waals surface area contributed by atoms with Crippen LogP contribution < -0.4 is 20.1 Å². The van der Waals surface area contributed by atoms with Gasteiger partial charge >= 0.3 is 0 Å². The molecule has 4 rings (SSSR count). The molecule has 0 aliphatic carbocycles. The maximum Gasteiger partial charge on any atom is 0.191 e. The fraction of sp³-hybridized carbons (Fsp3) is 0.375. The number of aliphatic imine (C=N–C) groups is 1. The lowest BCUT2D eigenvalue weighted by Gasteiger charge is -2.19. The molecule has 0 amide bonds. The molecule has 0 fully saturated rings. The van der Waals surface area contributed by atoms with Crippen LogP contribution in [0, 0.1) is 0 Å². The van der Waals surface area contributed by atoms with E-state index in [1.165, 1.54) is 11.1 Å². The van der Waals surface area contributed by atoms with Crippen molar-refractivity contribution in [3.8, 4) is 11.5 Å². The summed E-state index contributed by atoms with van der Waals surface area (Å²) in [6.45, 7) is 6.18. The zero-order valence-electron chi connectivity index (χ0n) is 18.5. The molecule has 8 nitrogen and oxygen atoms in total. The number of aromatic nitrogens is 3. The molecule has 168 valence electrons. The van der Waals surface area contributed by atoms with Crippen molar-refractivity contribution in [2.45, 2.75) is 32.9 Å². The molecule has 0 atom stereocenters. The molecule has 3 aromatic rings. The summed E-state index contributed by atoms with van der Waals surface area (Å²) >= 11 is 0. The van der Waals surface area contributed by atoms with E-state index in [0.717, 1.165) is 55.8 Å². The molecule has 8 heteroatoms. The van der Waals surface area contributed by atoms with Crippen LogP contribution in [0.3, 0.4) is 0 Å². The van der Waals surface area contributed by atoms with Crippen molar-refractivity contribution in [3.63, 3.8) is 0 Å². The van der Waals surface area contributed by atoms with E-state index in [1.54, 1.807) is 6.33 Å². The molecule has 32 heavy (non-hydrogen) atoms. The van der Waals surface area contributed by atoms with Gasteiger partial charge < -0.3 is 24.7 Å². The number of aryl methyl sites for hydroxylation is 1. The van der Waals surface area contributed by atoms with E-state index in [-0.39, 0.29) is 0 Å². The van der Waals surface area contributed by atoms with Gasteiger partial charge in [-0.15, -0.1) is 10.2 Å². The van der Waals surface area contributed by atoms with Crippen molar-refractivity contribution in [1.29, 1.82) is 0 Å². The van der Waals surface area contributed by atoms with Crippen LogP contribution in [0.1, 0.15) is 23.9 Å². The number of nitrogens with zero attached hydrogens (tertiary/aromatic N) is 4. The smallest absolute Gasteiger partial charge is 0.191 e. The lowest BCUT2D eigenvalue weighted by atomic mass is 10.1. The van der Waals surface area contributed by atoms with Gasteiger partial charge in [-0.2, -0.15) is 0 Å². The largest absolute Gasteiger partial charge is 0.486 e. The van der Waals surface area contributed by atoms with Gasteiger partial charge in [0.25, 0.3) is 0 Å². The normalized spacial score (nSPS) is 13.1. The van der Waals surface area contributed by atoms with Gasteiger partial charge in [0.05, 0.1) is 6.54 Å². The van der Waals surface area contributed by atoms with Gasteiger partial charge in [0.2, 0.25) is 0 Å². The minimum Gasteiger partial charge on any atom is -0.486 e. The standard InChI is InChI=1S/C24H30N6O2/c1-2-23-29-28-18-30(23)13-12-26-24(27-17-20-6-4-3-5-7-20)25-11-10-19-8-9-21-22(16-19)32-15-14-31-21/h3-9,16,18H,2,10-15,17H2,1H3,(H2,25,26,27). The fourth-order valence-electron chi connectivity index (χ4n) is 3.53. The number of guanidine groups is 1. The highest BCUT2D eigenvalue weighted by molar-refractivity contribution is 5.79. The van der Waals surface area contributed by atoms with Gasteiger partial charge in [-0.25, -0.2) is 4.99 Å². The number of nitrogens with one attached hydrogen (secondary N) is 2. The second-order valence-electron chi connectivity index (χ2n) is 7.53. The van der Waals surface area contributed by atoms with Gasteiger partial charge in [0.15, 0.2) is 17.5 Å². The molecular weight excluding hydrogens is 404 g/mol. The van der Waals surface area contributed by atoms with Gasteiger partial charge in [-0.05, 0) is 29.7 Å². The van der Waals surface area contributed by atoms with E-state index in [9.17, 15) is 0 Å². The molecule has 0 unspecified atom stereocenters. The highest BCUT2D eigenvalue weighted by Crippen LogP contribution is 2.30. The third-order valence-corrected chi connectivity index (χ3v) is 5.23. The Morgan fingerprint density at radius 2 is 1.81 bits per heavy atom. The first-order chi connectivity index (χ1) is 15.8. The quantitative estimate of drug-likeness (QED) is 0.398. The summed E-state index contributed by atoms with van der Waals surface area (Å²) < 4.78 is 13.4. The van der Waals surface area contributed by atoms with Crippen LogP contribution in [-0.4, -0.2) is 47.0 Å². The lowest BCUT2D eigenvalue weighted by molar-refractivity contribution is 0.171. The lowest BCUT2D eigenvalue weighted by Crippen LogP contribution is -2.40. The number of rotatable bonds is 9. The number of ether oxygens (including phenoxy) is 2. The minimum atomic E-state index is 0.598. The summed E-state index contributed by atoms with van der Waals surface area (Å²) in [4.78, 5) is 4.77. The highest BCUT2D eigenvalue weighted by Gasteiger charge is 2.11. The summed E-state index contributed by atoms with van der Waals surface area (Å²) in [6, 6.07) is 16.4. The van der Waals surface area contributed by atoms with Crippen LogP contribution in [-0.2, 0) is 25.9 Å². The van der Waals surface area contributed by atoms with Gasteiger partial charge in [-0.3, -0.25) is 0 Å². The molecule has 0 radical (unpaired) electrons. The van der Waals surface area contributed by atoms with E-state index in [0.29, 0.717) is 19.8 Å². The summed E-state index contributed by atoms with van der Waals surface area (Å²) in [5.41, 5.74) is 2.37. The van der Waals surface area contributed by atoms with Crippen LogP contribution >= 0.6 is 0 Å². The molecule has 0 spiro atoms. The van der Waals surface area contributed by atoms with E-state index in [2.05, 4.69) is 56.6 Å². The first-order valence-electron chi connectivity index (χ1n) is 11.1. The van der Waals surface area contributed by atoms with Gasteiger partial charge in [0, 0.05) is 26.1 Å². The Morgan fingerprint density at radius 3 is 2.66 bits per heavy atom.